The lowest BCUT2D eigenvalue weighted by molar-refractivity contribution is -0.134. The van der Waals surface area contributed by atoms with Crippen LogP contribution in [-0.2, 0) is 9.59 Å². The van der Waals surface area contributed by atoms with Crippen LogP contribution in [0.5, 0.6) is 0 Å². The summed E-state index contributed by atoms with van der Waals surface area (Å²) < 4.78 is 0. The maximum atomic E-state index is 14.0. The second kappa shape index (κ2) is 9.20. The number of hydrogen-bond donors (Lipinski definition) is 2. The zero-order chi connectivity index (χ0) is 23.9. The molecule has 1 aromatic heterocycles. The highest BCUT2D eigenvalue weighted by atomic mass is 16.2. The van der Waals surface area contributed by atoms with Crippen molar-refractivity contribution in [2.45, 2.75) is 43.7 Å². The molecule has 6 rings (SSSR count). The van der Waals surface area contributed by atoms with E-state index in [0.717, 1.165) is 62.6 Å². The largest absolute Gasteiger partial charge is 0.349 e. The summed E-state index contributed by atoms with van der Waals surface area (Å²) >= 11 is 0. The van der Waals surface area contributed by atoms with Crippen LogP contribution in [0.4, 0.5) is 11.6 Å². The van der Waals surface area contributed by atoms with Crippen molar-refractivity contribution in [3.05, 3.63) is 47.8 Å². The molecule has 1 aromatic carbocycles. The summed E-state index contributed by atoms with van der Waals surface area (Å²) in [5, 5.41) is 6.31. The number of aromatic nitrogens is 2. The number of rotatable bonds is 5. The molecule has 2 aromatic rings. The molecular formula is C26H33N7O2. The lowest BCUT2D eigenvalue weighted by Gasteiger charge is -2.39. The molecule has 0 spiro atoms. The van der Waals surface area contributed by atoms with Crippen molar-refractivity contribution in [3.63, 3.8) is 0 Å². The number of piperazine rings is 2. The summed E-state index contributed by atoms with van der Waals surface area (Å²) in [4.78, 5) is 41.8. The predicted molar refractivity (Wildman–Crippen MR) is 133 cm³/mol. The van der Waals surface area contributed by atoms with Crippen molar-refractivity contribution >= 4 is 23.5 Å². The molecule has 1 saturated carbocycles. The van der Waals surface area contributed by atoms with Crippen molar-refractivity contribution in [2.24, 2.45) is 0 Å². The van der Waals surface area contributed by atoms with Crippen LogP contribution in [0.15, 0.2) is 36.7 Å². The number of carbonyl (C=O) groups is 2. The molecule has 0 unspecified atom stereocenters. The zero-order valence-corrected chi connectivity index (χ0v) is 20.2. The van der Waals surface area contributed by atoms with Gasteiger partial charge in [-0.15, -0.1) is 0 Å². The first kappa shape index (κ1) is 22.4. The highest BCUT2D eigenvalue weighted by Crippen LogP contribution is 2.44. The van der Waals surface area contributed by atoms with E-state index in [1.54, 1.807) is 6.33 Å². The number of fused-ring (bicyclic) bond motifs is 2. The molecule has 184 valence electrons. The quantitative estimate of drug-likeness (QED) is 0.675. The first-order chi connectivity index (χ1) is 17.1. The Kier molecular flexibility index (Phi) is 5.89. The van der Waals surface area contributed by atoms with E-state index in [1.165, 1.54) is 0 Å². The smallest absolute Gasteiger partial charge is 0.231 e. The number of hydrogen-bond acceptors (Lipinski definition) is 7. The molecule has 0 radical (unpaired) electrons. The fraction of sp³-hybridized carbons (Fsp3) is 0.538. The van der Waals surface area contributed by atoms with Gasteiger partial charge in [-0.05, 0) is 17.9 Å². The fourth-order valence-electron chi connectivity index (χ4n) is 6.02. The van der Waals surface area contributed by atoms with Crippen LogP contribution in [0.2, 0.25) is 0 Å². The number of benzene rings is 1. The van der Waals surface area contributed by atoms with Gasteiger partial charge >= 0.3 is 0 Å². The van der Waals surface area contributed by atoms with Crippen LogP contribution in [0.25, 0.3) is 0 Å². The van der Waals surface area contributed by atoms with Crippen LogP contribution in [0.1, 0.15) is 42.7 Å². The Bertz CT molecular complexity index is 1100. The van der Waals surface area contributed by atoms with Crippen molar-refractivity contribution in [2.75, 3.05) is 56.0 Å². The van der Waals surface area contributed by atoms with E-state index in [2.05, 4.69) is 54.4 Å². The second-order valence-corrected chi connectivity index (χ2v) is 10.2. The van der Waals surface area contributed by atoms with Gasteiger partial charge in [0.1, 0.15) is 18.0 Å². The third-order valence-corrected chi connectivity index (χ3v) is 7.92. The van der Waals surface area contributed by atoms with E-state index >= 15 is 0 Å². The van der Waals surface area contributed by atoms with Gasteiger partial charge in [0.05, 0.1) is 18.0 Å². The number of carbonyl (C=O) groups excluding carboxylic acids is 2. The average molecular weight is 476 g/mol. The molecule has 3 fully saturated rings. The van der Waals surface area contributed by atoms with Crippen LogP contribution in [0.3, 0.4) is 0 Å². The molecule has 9 heteroatoms. The van der Waals surface area contributed by atoms with Gasteiger partial charge in [-0.3, -0.25) is 14.5 Å². The number of amides is 2. The fourth-order valence-corrected chi connectivity index (χ4v) is 6.02. The Morgan fingerprint density at radius 1 is 1.09 bits per heavy atom. The zero-order valence-electron chi connectivity index (χ0n) is 20.2. The standard InChI is InChI=1S/C26H33N7O2/c1-17-13-22(34)30-24-23(17)25(29-16-28-24)32-11-12-33(21-14-20(21)32)26(35)19(18-5-3-2-4-6-18)15-31-9-7-27-8-10-31/h2-6,16-17,19-21,27H,7-15H2,1H3,(H,28,29,30,34)/t17-,19-,20+,21-/m1/s1. The van der Waals surface area contributed by atoms with Gasteiger partial charge in [-0.2, -0.15) is 0 Å². The Hall–Kier alpha value is -3.04. The van der Waals surface area contributed by atoms with Gasteiger partial charge < -0.3 is 20.4 Å². The maximum Gasteiger partial charge on any atom is 0.231 e. The molecule has 2 saturated heterocycles. The van der Waals surface area contributed by atoms with Crippen molar-refractivity contribution < 1.29 is 9.59 Å². The van der Waals surface area contributed by atoms with E-state index in [9.17, 15) is 9.59 Å². The minimum absolute atomic E-state index is 0.00537. The minimum Gasteiger partial charge on any atom is -0.349 e. The van der Waals surface area contributed by atoms with E-state index < -0.39 is 0 Å². The van der Waals surface area contributed by atoms with Crippen LogP contribution in [0, 0.1) is 0 Å². The first-order valence-corrected chi connectivity index (χ1v) is 12.8. The van der Waals surface area contributed by atoms with E-state index in [0.29, 0.717) is 18.8 Å². The van der Waals surface area contributed by atoms with Gasteiger partial charge in [-0.25, -0.2) is 9.97 Å². The summed E-state index contributed by atoms with van der Waals surface area (Å²) in [6, 6.07) is 10.7. The highest BCUT2D eigenvalue weighted by molar-refractivity contribution is 5.94. The molecule has 35 heavy (non-hydrogen) atoms. The highest BCUT2D eigenvalue weighted by Gasteiger charge is 2.52. The lowest BCUT2D eigenvalue weighted by atomic mass is 9.94. The Balaban J connectivity index is 1.21. The summed E-state index contributed by atoms with van der Waals surface area (Å²) in [6.07, 6.45) is 2.95. The van der Waals surface area contributed by atoms with Gasteiger partial charge in [0, 0.05) is 57.8 Å². The molecule has 4 atom stereocenters. The number of nitrogens with zero attached hydrogens (tertiary/aromatic N) is 5. The van der Waals surface area contributed by atoms with Crippen LogP contribution >= 0.6 is 0 Å². The second-order valence-electron chi connectivity index (χ2n) is 10.2. The first-order valence-electron chi connectivity index (χ1n) is 12.8. The van der Waals surface area contributed by atoms with E-state index in [-0.39, 0.29) is 35.7 Å². The Morgan fingerprint density at radius 2 is 1.89 bits per heavy atom. The summed E-state index contributed by atoms with van der Waals surface area (Å²) in [6.45, 7) is 8.15. The molecule has 3 aliphatic heterocycles. The van der Waals surface area contributed by atoms with Crippen molar-refractivity contribution in [1.29, 1.82) is 0 Å². The minimum atomic E-state index is -0.149. The third kappa shape index (κ3) is 4.27. The van der Waals surface area contributed by atoms with Gasteiger partial charge in [0.2, 0.25) is 11.8 Å². The molecule has 9 nitrogen and oxygen atoms in total. The Labute approximate surface area is 205 Å². The van der Waals surface area contributed by atoms with Gasteiger partial charge in [0.25, 0.3) is 0 Å². The van der Waals surface area contributed by atoms with E-state index in [4.69, 9.17) is 0 Å². The van der Waals surface area contributed by atoms with Gasteiger partial charge in [0.15, 0.2) is 0 Å². The molecule has 2 amide bonds. The monoisotopic (exact) mass is 475 g/mol. The molecule has 0 bridgehead atoms. The lowest BCUT2D eigenvalue weighted by Crippen LogP contribution is -2.52. The predicted octanol–water partition coefficient (Wildman–Crippen LogP) is 1.40. The topological polar surface area (TPSA) is 93.7 Å². The summed E-state index contributed by atoms with van der Waals surface area (Å²) in [5.41, 5.74) is 2.13. The van der Waals surface area contributed by atoms with Gasteiger partial charge in [-0.1, -0.05) is 37.3 Å². The number of nitrogens with one attached hydrogen (secondary N) is 2. The van der Waals surface area contributed by atoms with Crippen LogP contribution < -0.4 is 15.5 Å². The maximum absolute atomic E-state index is 14.0. The number of anilines is 2. The SMILES string of the molecule is C[C@@H]1CC(=O)Nc2ncnc(N3CCN(C(=O)[C@H](CN4CCNCC4)c4ccccc4)[C@@H]4C[C@@H]43)c21. The van der Waals surface area contributed by atoms with E-state index in [1.807, 2.05) is 18.2 Å². The third-order valence-electron chi connectivity index (χ3n) is 7.92. The molecular weight excluding hydrogens is 442 g/mol. The summed E-state index contributed by atoms with van der Waals surface area (Å²) in [7, 11) is 0. The average Bonchev–Trinajstić information content (AvgIpc) is 3.68. The van der Waals surface area contributed by atoms with Crippen molar-refractivity contribution in [1.82, 2.24) is 25.1 Å². The molecule has 1 aliphatic carbocycles. The normalized spacial score (nSPS) is 27.0. The molecule has 4 aliphatic rings. The molecule has 4 heterocycles. The van der Waals surface area contributed by atoms with Crippen molar-refractivity contribution in [3.8, 4) is 0 Å². The summed E-state index contributed by atoms with van der Waals surface area (Å²) in [5.74, 6) is 1.73. The molecule has 2 N–H and O–H groups in total. The van der Waals surface area contributed by atoms with Crippen LogP contribution in [-0.4, -0.2) is 89.5 Å². The Morgan fingerprint density at radius 3 is 2.69 bits per heavy atom.